The second-order valence-electron chi connectivity index (χ2n) is 4.58. The normalized spacial score (nSPS) is 13.6. The van der Waals surface area contributed by atoms with Gasteiger partial charge in [-0.15, -0.1) is 11.3 Å². The Bertz CT molecular complexity index is 798. The van der Waals surface area contributed by atoms with Gasteiger partial charge in [-0.25, -0.2) is 4.98 Å². The molecule has 100 valence electrons. The first-order valence-electron chi connectivity index (χ1n) is 6.36. The molecule has 0 spiro atoms. The third-order valence-corrected chi connectivity index (χ3v) is 4.26. The van der Waals surface area contributed by atoms with Crippen LogP contribution in [0.3, 0.4) is 0 Å². The van der Waals surface area contributed by atoms with Crippen LogP contribution in [0.2, 0.25) is 0 Å². The molecule has 0 unspecified atom stereocenters. The Kier molecular flexibility index (Phi) is 2.53. The maximum absolute atomic E-state index is 5.82. The van der Waals surface area contributed by atoms with Gasteiger partial charge in [-0.2, -0.15) is 0 Å². The van der Waals surface area contributed by atoms with Crippen LogP contribution in [-0.2, 0) is 0 Å². The summed E-state index contributed by atoms with van der Waals surface area (Å²) in [6.45, 7) is 1.16. The minimum absolute atomic E-state index is 0.571. The molecule has 2 heterocycles. The highest BCUT2D eigenvalue weighted by molar-refractivity contribution is 7.21. The van der Waals surface area contributed by atoms with Crippen LogP contribution in [0.4, 0.5) is 5.69 Å². The standard InChI is InChI=1S/C15H12N2O2S/c16-9-4-5-11-13(8-9)20-15(17-11)10-2-1-3-12-14(10)19-7-6-18-12/h1-5,8H,6-7,16H2. The summed E-state index contributed by atoms with van der Waals surface area (Å²) in [4.78, 5) is 4.66. The molecule has 3 aromatic rings. The second kappa shape index (κ2) is 4.38. The van der Waals surface area contributed by atoms with Crippen molar-refractivity contribution in [1.29, 1.82) is 0 Å². The third-order valence-electron chi connectivity index (χ3n) is 3.21. The van der Waals surface area contributed by atoms with Gasteiger partial charge < -0.3 is 15.2 Å². The molecule has 1 aliphatic rings. The van der Waals surface area contributed by atoms with E-state index in [1.165, 1.54) is 0 Å². The zero-order valence-electron chi connectivity index (χ0n) is 10.6. The summed E-state index contributed by atoms with van der Waals surface area (Å²) < 4.78 is 12.4. The maximum atomic E-state index is 5.82. The molecule has 0 saturated carbocycles. The largest absolute Gasteiger partial charge is 0.486 e. The van der Waals surface area contributed by atoms with Crippen LogP contribution in [0.1, 0.15) is 0 Å². The number of aromatic nitrogens is 1. The topological polar surface area (TPSA) is 57.4 Å². The molecule has 0 bridgehead atoms. The molecule has 2 aromatic carbocycles. The minimum Gasteiger partial charge on any atom is -0.486 e. The predicted molar refractivity (Wildman–Crippen MR) is 80.5 cm³/mol. The monoisotopic (exact) mass is 284 g/mol. The quantitative estimate of drug-likeness (QED) is 0.696. The third kappa shape index (κ3) is 1.78. The summed E-state index contributed by atoms with van der Waals surface area (Å²) in [5, 5.41) is 0.924. The van der Waals surface area contributed by atoms with Gasteiger partial charge in [0.05, 0.1) is 15.8 Å². The van der Waals surface area contributed by atoms with Gasteiger partial charge in [0.25, 0.3) is 0 Å². The van der Waals surface area contributed by atoms with Crippen LogP contribution in [0.25, 0.3) is 20.8 Å². The van der Waals surface area contributed by atoms with E-state index in [0.29, 0.717) is 13.2 Å². The van der Waals surface area contributed by atoms with E-state index in [9.17, 15) is 0 Å². The number of anilines is 1. The first-order valence-corrected chi connectivity index (χ1v) is 7.18. The molecular formula is C15H12N2O2S. The number of nitrogen functional groups attached to an aromatic ring is 1. The number of nitrogens with two attached hydrogens (primary N) is 1. The second-order valence-corrected chi connectivity index (χ2v) is 5.61. The highest BCUT2D eigenvalue weighted by Crippen LogP contribution is 2.42. The average molecular weight is 284 g/mol. The Morgan fingerprint density at radius 1 is 1.10 bits per heavy atom. The van der Waals surface area contributed by atoms with Crippen LogP contribution < -0.4 is 15.2 Å². The summed E-state index contributed by atoms with van der Waals surface area (Å²) in [6.07, 6.45) is 0. The number of nitrogens with zero attached hydrogens (tertiary/aromatic N) is 1. The molecule has 0 aliphatic carbocycles. The number of rotatable bonds is 1. The van der Waals surface area contributed by atoms with E-state index in [1.807, 2.05) is 36.4 Å². The summed E-state index contributed by atoms with van der Waals surface area (Å²) in [7, 11) is 0. The van der Waals surface area contributed by atoms with E-state index in [1.54, 1.807) is 11.3 Å². The summed E-state index contributed by atoms with van der Waals surface area (Å²) in [5.41, 5.74) is 8.50. The van der Waals surface area contributed by atoms with Gasteiger partial charge in [0.1, 0.15) is 18.2 Å². The lowest BCUT2D eigenvalue weighted by molar-refractivity contribution is 0.172. The molecule has 4 nitrogen and oxygen atoms in total. The molecule has 1 aliphatic heterocycles. The zero-order chi connectivity index (χ0) is 13.5. The minimum atomic E-state index is 0.571. The Morgan fingerprint density at radius 2 is 2.00 bits per heavy atom. The molecular weight excluding hydrogens is 272 g/mol. The van der Waals surface area contributed by atoms with Crippen molar-refractivity contribution in [3.63, 3.8) is 0 Å². The molecule has 0 fully saturated rings. The zero-order valence-corrected chi connectivity index (χ0v) is 11.4. The van der Waals surface area contributed by atoms with Crippen molar-refractivity contribution in [3.05, 3.63) is 36.4 Å². The number of thiazole rings is 1. The van der Waals surface area contributed by atoms with Crippen molar-refractivity contribution >= 4 is 27.2 Å². The number of ether oxygens (including phenoxy) is 2. The van der Waals surface area contributed by atoms with Crippen molar-refractivity contribution in [3.8, 4) is 22.1 Å². The number of hydrogen-bond acceptors (Lipinski definition) is 5. The van der Waals surface area contributed by atoms with Crippen LogP contribution in [0.15, 0.2) is 36.4 Å². The van der Waals surface area contributed by atoms with Gasteiger partial charge in [-0.1, -0.05) is 6.07 Å². The van der Waals surface area contributed by atoms with E-state index in [-0.39, 0.29) is 0 Å². The fourth-order valence-corrected chi connectivity index (χ4v) is 3.33. The first kappa shape index (κ1) is 11.5. The van der Waals surface area contributed by atoms with E-state index in [0.717, 1.165) is 38.0 Å². The molecule has 5 heteroatoms. The molecule has 1 aromatic heterocycles. The average Bonchev–Trinajstić information content (AvgIpc) is 2.89. The molecule has 0 atom stereocenters. The highest BCUT2D eigenvalue weighted by atomic mass is 32.1. The van der Waals surface area contributed by atoms with Gasteiger partial charge in [0, 0.05) is 5.69 Å². The number of fused-ring (bicyclic) bond motifs is 2. The van der Waals surface area contributed by atoms with Crippen molar-refractivity contribution in [2.45, 2.75) is 0 Å². The van der Waals surface area contributed by atoms with Crippen LogP contribution in [0.5, 0.6) is 11.5 Å². The van der Waals surface area contributed by atoms with Crippen molar-refractivity contribution in [2.24, 2.45) is 0 Å². The van der Waals surface area contributed by atoms with E-state index < -0.39 is 0 Å². The van der Waals surface area contributed by atoms with Crippen molar-refractivity contribution in [1.82, 2.24) is 4.98 Å². The van der Waals surface area contributed by atoms with Crippen molar-refractivity contribution in [2.75, 3.05) is 18.9 Å². The molecule has 4 rings (SSSR count). The van der Waals surface area contributed by atoms with Crippen molar-refractivity contribution < 1.29 is 9.47 Å². The summed E-state index contributed by atoms with van der Waals surface area (Å²) in [6, 6.07) is 11.6. The Hall–Kier alpha value is -2.27. The fourth-order valence-electron chi connectivity index (χ4n) is 2.30. The Morgan fingerprint density at radius 3 is 2.95 bits per heavy atom. The summed E-state index contributed by atoms with van der Waals surface area (Å²) >= 11 is 1.61. The van der Waals surface area contributed by atoms with E-state index in [2.05, 4.69) is 4.98 Å². The van der Waals surface area contributed by atoms with Gasteiger partial charge in [-0.05, 0) is 30.3 Å². The van der Waals surface area contributed by atoms with E-state index >= 15 is 0 Å². The molecule has 2 N–H and O–H groups in total. The van der Waals surface area contributed by atoms with Gasteiger partial charge in [-0.3, -0.25) is 0 Å². The molecule has 0 amide bonds. The lowest BCUT2D eigenvalue weighted by Gasteiger charge is -2.20. The van der Waals surface area contributed by atoms with Gasteiger partial charge in [0.15, 0.2) is 11.5 Å². The first-order chi connectivity index (χ1) is 9.81. The molecule has 20 heavy (non-hydrogen) atoms. The van der Waals surface area contributed by atoms with Crippen LogP contribution in [-0.4, -0.2) is 18.2 Å². The SMILES string of the molecule is Nc1ccc2nc(-c3cccc4c3OCCO4)sc2c1. The Labute approximate surface area is 119 Å². The number of hydrogen-bond donors (Lipinski definition) is 1. The predicted octanol–water partition coefficient (Wildman–Crippen LogP) is 3.32. The fraction of sp³-hybridized carbons (Fsp3) is 0.133. The molecule has 0 saturated heterocycles. The van der Waals surface area contributed by atoms with E-state index in [4.69, 9.17) is 15.2 Å². The number of para-hydroxylation sites is 1. The highest BCUT2D eigenvalue weighted by Gasteiger charge is 2.19. The summed E-state index contributed by atoms with van der Waals surface area (Å²) in [5.74, 6) is 1.57. The lowest BCUT2D eigenvalue weighted by Crippen LogP contribution is -2.15. The van der Waals surface area contributed by atoms with Gasteiger partial charge >= 0.3 is 0 Å². The van der Waals surface area contributed by atoms with Crippen LogP contribution in [0, 0.1) is 0 Å². The Balaban J connectivity index is 1.90. The van der Waals surface area contributed by atoms with Gasteiger partial charge in [0.2, 0.25) is 0 Å². The smallest absolute Gasteiger partial charge is 0.171 e. The number of benzene rings is 2. The lowest BCUT2D eigenvalue weighted by atomic mass is 10.2. The van der Waals surface area contributed by atoms with Crippen LogP contribution >= 0.6 is 11.3 Å². The maximum Gasteiger partial charge on any atom is 0.171 e. The molecule has 0 radical (unpaired) electrons.